The predicted octanol–water partition coefficient (Wildman–Crippen LogP) is 1.64. The third-order valence-corrected chi connectivity index (χ3v) is 1.76. The van der Waals surface area contributed by atoms with Crippen LogP contribution in [0.25, 0.3) is 0 Å². The Morgan fingerprint density at radius 1 is 1.21 bits per heavy atom. The summed E-state index contributed by atoms with van der Waals surface area (Å²) >= 11 is 0. The summed E-state index contributed by atoms with van der Waals surface area (Å²) in [6.45, 7) is 0.902. The minimum absolute atomic E-state index is 0.354. The summed E-state index contributed by atoms with van der Waals surface area (Å²) in [5, 5.41) is 8.21. The fraction of sp³-hybridized carbons (Fsp3) is 0.273. The minimum atomic E-state index is 0.354. The first-order valence-corrected chi connectivity index (χ1v) is 4.20. The van der Waals surface area contributed by atoms with Gasteiger partial charge in [-0.1, -0.05) is 24.3 Å². The van der Waals surface area contributed by atoms with Crippen LogP contribution in [0.3, 0.4) is 0 Å². The fourth-order valence-corrected chi connectivity index (χ4v) is 1.14. The van der Waals surface area contributed by atoms with E-state index in [9.17, 15) is 0 Å². The van der Waals surface area contributed by atoms with Crippen LogP contribution in [0, 0.1) is 12.2 Å². The van der Waals surface area contributed by atoms with Crippen molar-refractivity contribution in [3.8, 4) is 12.2 Å². The SMILES string of the molecule is COCc1ccccc1COC#CO. The van der Waals surface area contributed by atoms with Crippen LogP contribution >= 0.6 is 0 Å². The van der Waals surface area contributed by atoms with Gasteiger partial charge in [-0.05, 0) is 11.1 Å². The van der Waals surface area contributed by atoms with Gasteiger partial charge in [-0.15, -0.1) is 0 Å². The number of ether oxygens (including phenoxy) is 2. The Labute approximate surface area is 83.3 Å². The van der Waals surface area contributed by atoms with Crippen molar-refractivity contribution in [3.63, 3.8) is 0 Å². The molecule has 3 nitrogen and oxygen atoms in total. The topological polar surface area (TPSA) is 38.7 Å². The highest BCUT2D eigenvalue weighted by atomic mass is 16.5. The molecule has 0 saturated heterocycles. The maximum Gasteiger partial charge on any atom is 0.155 e. The first-order valence-electron chi connectivity index (χ1n) is 4.20. The molecule has 0 atom stereocenters. The van der Waals surface area contributed by atoms with Crippen LogP contribution in [-0.2, 0) is 22.7 Å². The Balaban J connectivity index is 2.67. The van der Waals surface area contributed by atoms with Crippen LogP contribution in [0.15, 0.2) is 24.3 Å². The molecule has 1 aromatic rings. The second-order valence-electron chi connectivity index (χ2n) is 2.70. The molecule has 0 saturated carbocycles. The van der Waals surface area contributed by atoms with Gasteiger partial charge >= 0.3 is 0 Å². The number of benzene rings is 1. The van der Waals surface area contributed by atoms with E-state index in [1.807, 2.05) is 24.3 Å². The summed E-state index contributed by atoms with van der Waals surface area (Å²) in [4.78, 5) is 0. The summed E-state index contributed by atoms with van der Waals surface area (Å²) in [7, 11) is 1.64. The highest BCUT2D eigenvalue weighted by molar-refractivity contribution is 5.25. The lowest BCUT2D eigenvalue weighted by Gasteiger charge is -2.06. The minimum Gasteiger partial charge on any atom is -0.460 e. The van der Waals surface area contributed by atoms with Crippen molar-refractivity contribution in [1.29, 1.82) is 0 Å². The quantitative estimate of drug-likeness (QED) is 0.737. The van der Waals surface area contributed by atoms with Crippen LogP contribution in [0.5, 0.6) is 0 Å². The predicted molar refractivity (Wildman–Crippen MR) is 51.7 cm³/mol. The van der Waals surface area contributed by atoms with Crippen molar-refractivity contribution in [2.45, 2.75) is 13.2 Å². The normalized spacial score (nSPS) is 8.93. The molecule has 0 aliphatic carbocycles. The summed E-state index contributed by atoms with van der Waals surface area (Å²) in [6.07, 6.45) is 3.82. The zero-order valence-electron chi connectivity index (χ0n) is 7.99. The van der Waals surface area contributed by atoms with Crippen LogP contribution in [0.2, 0.25) is 0 Å². The van der Waals surface area contributed by atoms with Gasteiger partial charge in [0, 0.05) is 7.11 Å². The lowest BCUT2D eigenvalue weighted by molar-refractivity contribution is 0.181. The number of aliphatic hydroxyl groups is 1. The van der Waals surface area contributed by atoms with Crippen molar-refractivity contribution < 1.29 is 14.6 Å². The molecule has 0 aliphatic rings. The summed E-state index contributed by atoms with van der Waals surface area (Å²) in [6, 6.07) is 7.77. The second-order valence-corrected chi connectivity index (χ2v) is 2.70. The molecule has 0 amide bonds. The van der Waals surface area contributed by atoms with E-state index >= 15 is 0 Å². The molecule has 0 radical (unpaired) electrons. The van der Waals surface area contributed by atoms with Gasteiger partial charge in [0.2, 0.25) is 0 Å². The van der Waals surface area contributed by atoms with E-state index in [1.165, 1.54) is 0 Å². The molecule has 0 spiro atoms. The Bertz CT molecular complexity index is 336. The largest absolute Gasteiger partial charge is 0.460 e. The van der Waals surface area contributed by atoms with Crippen molar-refractivity contribution >= 4 is 0 Å². The first kappa shape index (κ1) is 10.4. The number of hydrogen-bond acceptors (Lipinski definition) is 3. The second kappa shape index (κ2) is 5.90. The molecule has 0 unspecified atom stereocenters. The average molecular weight is 192 g/mol. The van der Waals surface area contributed by atoms with Gasteiger partial charge in [0.05, 0.1) is 6.61 Å². The van der Waals surface area contributed by atoms with Crippen molar-refractivity contribution in [2.24, 2.45) is 0 Å². The molecule has 0 fully saturated rings. The van der Waals surface area contributed by atoms with Gasteiger partial charge in [-0.25, -0.2) is 0 Å². The van der Waals surface area contributed by atoms with E-state index in [1.54, 1.807) is 13.2 Å². The zero-order valence-corrected chi connectivity index (χ0v) is 7.99. The van der Waals surface area contributed by atoms with Crippen LogP contribution in [0.4, 0.5) is 0 Å². The molecule has 0 aromatic heterocycles. The highest BCUT2D eigenvalue weighted by Crippen LogP contribution is 2.10. The highest BCUT2D eigenvalue weighted by Gasteiger charge is 2.00. The molecule has 14 heavy (non-hydrogen) atoms. The number of methoxy groups -OCH3 is 1. The van der Waals surface area contributed by atoms with E-state index < -0.39 is 0 Å². The third-order valence-electron chi connectivity index (χ3n) is 1.76. The molecular formula is C11H12O3. The van der Waals surface area contributed by atoms with Gasteiger partial charge in [-0.2, -0.15) is 0 Å². The zero-order chi connectivity index (χ0) is 10.2. The fourth-order valence-electron chi connectivity index (χ4n) is 1.14. The standard InChI is InChI=1S/C11H12O3/c1-13-8-10-4-2-3-5-11(10)9-14-7-6-12/h2-5,12H,8-9H2,1H3. The van der Waals surface area contributed by atoms with E-state index in [-0.39, 0.29) is 0 Å². The van der Waals surface area contributed by atoms with Gasteiger partial charge in [0.15, 0.2) is 12.2 Å². The molecule has 3 heteroatoms. The van der Waals surface area contributed by atoms with Gasteiger partial charge in [0.1, 0.15) is 6.61 Å². The Morgan fingerprint density at radius 3 is 2.43 bits per heavy atom. The Morgan fingerprint density at radius 2 is 1.86 bits per heavy atom. The van der Waals surface area contributed by atoms with Crippen molar-refractivity contribution in [2.75, 3.05) is 7.11 Å². The first-order chi connectivity index (χ1) is 6.88. The van der Waals surface area contributed by atoms with Gasteiger partial charge in [0.25, 0.3) is 0 Å². The van der Waals surface area contributed by atoms with Crippen molar-refractivity contribution in [1.82, 2.24) is 0 Å². The molecule has 1 N–H and O–H groups in total. The van der Waals surface area contributed by atoms with E-state index in [2.05, 4.69) is 6.11 Å². The molecule has 0 heterocycles. The molecule has 0 aliphatic heterocycles. The summed E-state index contributed by atoms with van der Waals surface area (Å²) in [5.41, 5.74) is 2.08. The Kier molecular flexibility index (Phi) is 4.39. The van der Waals surface area contributed by atoms with E-state index in [0.717, 1.165) is 11.1 Å². The van der Waals surface area contributed by atoms with Crippen LogP contribution in [-0.4, -0.2) is 12.2 Å². The molecule has 74 valence electrons. The van der Waals surface area contributed by atoms with Crippen LogP contribution < -0.4 is 0 Å². The number of aliphatic hydroxyl groups excluding tert-OH is 1. The maximum absolute atomic E-state index is 8.21. The Hall–Kier alpha value is -1.66. The van der Waals surface area contributed by atoms with Crippen LogP contribution in [0.1, 0.15) is 11.1 Å². The number of rotatable bonds is 4. The van der Waals surface area contributed by atoms with Gasteiger partial charge < -0.3 is 14.6 Å². The number of hydrogen-bond donors (Lipinski definition) is 1. The monoisotopic (exact) mass is 192 g/mol. The summed E-state index contributed by atoms with van der Waals surface area (Å²) in [5.74, 6) is 0. The average Bonchev–Trinajstić information content (AvgIpc) is 2.21. The molecule has 0 bridgehead atoms. The lowest BCUT2D eigenvalue weighted by Crippen LogP contribution is -1.96. The molecule has 1 aromatic carbocycles. The third kappa shape index (κ3) is 3.00. The summed E-state index contributed by atoms with van der Waals surface area (Å²) < 4.78 is 9.92. The maximum atomic E-state index is 8.21. The molecule has 1 rings (SSSR count). The van der Waals surface area contributed by atoms with E-state index in [0.29, 0.717) is 13.2 Å². The smallest absolute Gasteiger partial charge is 0.155 e. The van der Waals surface area contributed by atoms with E-state index in [4.69, 9.17) is 14.6 Å². The van der Waals surface area contributed by atoms with Gasteiger partial charge in [-0.3, -0.25) is 0 Å². The molecular weight excluding hydrogens is 180 g/mol. The lowest BCUT2D eigenvalue weighted by atomic mass is 10.1. The van der Waals surface area contributed by atoms with Crippen molar-refractivity contribution in [3.05, 3.63) is 35.4 Å².